The number of ether oxygens (including phenoxy) is 3. The van der Waals surface area contributed by atoms with Gasteiger partial charge in [0.25, 0.3) is 0 Å². The molecule has 92 valence electrons. The Morgan fingerprint density at radius 2 is 1.82 bits per heavy atom. The number of rotatable bonds is 2. The van der Waals surface area contributed by atoms with Crippen molar-refractivity contribution in [1.82, 2.24) is 0 Å². The molecule has 0 aromatic rings. The second-order valence-electron chi connectivity index (χ2n) is 4.33. The fourth-order valence-corrected chi connectivity index (χ4v) is 1.73. The van der Waals surface area contributed by atoms with Gasteiger partial charge in [-0.1, -0.05) is 12.2 Å². The molecule has 17 heavy (non-hydrogen) atoms. The number of carbonyl (C=O) groups is 1. The largest absolute Gasteiger partial charge is 0.465 e. The quantitative estimate of drug-likeness (QED) is 0.690. The molecule has 1 heterocycles. The van der Waals surface area contributed by atoms with Crippen molar-refractivity contribution in [2.24, 2.45) is 5.92 Å². The van der Waals surface area contributed by atoms with Crippen LogP contribution in [0.1, 0.15) is 20.8 Å². The Morgan fingerprint density at radius 1 is 1.29 bits per heavy atom. The zero-order valence-electron chi connectivity index (χ0n) is 10.2. The minimum absolute atomic E-state index is 0.263. The maximum Gasteiger partial charge on any atom is 0.316 e. The first-order valence-corrected chi connectivity index (χ1v) is 5.67. The van der Waals surface area contributed by atoms with Crippen molar-refractivity contribution in [2.75, 3.05) is 6.61 Å². The summed E-state index contributed by atoms with van der Waals surface area (Å²) in [7, 11) is 0. The summed E-state index contributed by atoms with van der Waals surface area (Å²) in [5.74, 6) is 0.0169. The summed E-state index contributed by atoms with van der Waals surface area (Å²) in [6, 6.07) is 0. The standard InChI is InChI=1S/C13H16O4/c1-4-15-12(14)9-5-7-10-11(8-6-9)17-13(2,3)16-10/h5-9H,4H2,1-3H3. The third-order valence-corrected chi connectivity index (χ3v) is 2.42. The summed E-state index contributed by atoms with van der Waals surface area (Å²) in [6.07, 6.45) is 7.01. The van der Waals surface area contributed by atoms with Crippen LogP contribution in [0, 0.1) is 5.92 Å². The van der Waals surface area contributed by atoms with Gasteiger partial charge in [-0.25, -0.2) is 0 Å². The Hall–Kier alpha value is -1.71. The van der Waals surface area contributed by atoms with E-state index in [9.17, 15) is 4.79 Å². The molecule has 4 heteroatoms. The van der Waals surface area contributed by atoms with E-state index in [2.05, 4.69) is 0 Å². The highest BCUT2D eigenvalue weighted by Gasteiger charge is 2.33. The topological polar surface area (TPSA) is 44.8 Å². The number of hydrogen-bond donors (Lipinski definition) is 0. The summed E-state index contributed by atoms with van der Waals surface area (Å²) < 4.78 is 16.1. The van der Waals surface area contributed by atoms with Gasteiger partial charge in [-0.2, -0.15) is 0 Å². The average Bonchev–Trinajstić information content (AvgIpc) is 2.41. The van der Waals surface area contributed by atoms with Crippen molar-refractivity contribution < 1.29 is 19.0 Å². The van der Waals surface area contributed by atoms with Gasteiger partial charge in [0.1, 0.15) is 0 Å². The summed E-state index contributed by atoms with van der Waals surface area (Å²) in [4.78, 5) is 11.6. The van der Waals surface area contributed by atoms with E-state index < -0.39 is 5.79 Å². The monoisotopic (exact) mass is 236 g/mol. The van der Waals surface area contributed by atoms with E-state index in [4.69, 9.17) is 14.2 Å². The molecule has 0 saturated carbocycles. The average molecular weight is 236 g/mol. The van der Waals surface area contributed by atoms with E-state index in [1.54, 1.807) is 31.2 Å². The zero-order valence-corrected chi connectivity index (χ0v) is 10.2. The molecule has 2 aliphatic rings. The first-order valence-electron chi connectivity index (χ1n) is 5.67. The first-order chi connectivity index (χ1) is 8.02. The highest BCUT2D eigenvalue weighted by atomic mass is 16.7. The van der Waals surface area contributed by atoms with Crippen LogP contribution in [0.25, 0.3) is 0 Å². The Labute approximate surface area is 101 Å². The Morgan fingerprint density at radius 3 is 2.29 bits per heavy atom. The lowest BCUT2D eigenvalue weighted by atomic mass is 10.1. The van der Waals surface area contributed by atoms with Gasteiger partial charge in [0.15, 0.2) is 11.5 Å². The van der Waals surface area contributed by atoms with Crippen molar-refractivity contribution >= 4 is 5.97 Å². The van der Waals surface area contributed by atoms with Crippen molar-refractivity contribution in [3.63, 3.8) is 0 Å². The van der Waals surface area contributed by atoms with Gasteiger partial charge < -0.3 is 14.2 Å². The van der Waals surface area contributed by atoms with Crippen LogP contribution in [0.5, 0.6) is 0 Å². The highest BCUT2D eigenvalue weighted by molar-refractivity contribution is 5.77. The summed E-state index contributed by atoms with van der Waals surface area (Å²) in [5.41, 5.74) is 0. The van der Waals surface area contributed by atoms with Gasteiger partial charge in [0, 0.05) is 13.8 Å². The van der Waals surface area contributed by atoms with Crippen LogP contribution in [0.15, 0.2) is 35.8 Å². The maximum absolute atomic E-state index is 11.6. The molecule has 0 saturated heterocycles. The lowest BCUT2D eigenvalue weighted by Crippen LogP contribution is -2.21. The van der Waals surface area contributed by atoms with Crippen molar-refractivity contribution in [3.8, 4) is 0 Å². The zero-order chi connectivity index (χ0) is 12.5. The minimum Gasteiger partial charge on any atom is -0.465 e. The number of hydrogen-bond acceptors (Lipinski definition) is 4. The number of allylic oxidation sites excluding steroid dienone is 2. The summed E-state index contributed by atoms with van der Waals surface area (Å²) >= 11 is 0. The van der Waals surface area contributed by atoms with Crippen LogP contribution >= 0.6 is 0 Å². The van der Waals surface area contributed by atoms with Gasteiger partial charge >= 0.3 is 5.97 Å². The first kappa shape index (κ1) is 11.8. The Kier molecular flexibility index (Phi) is 2.96. The summed E-state index contributed by atoms with van der Waals surface area (Å²) in [5, 5.41) is 0. The smallest absolute Gasteiger partial charge is 0.316 e. The van der Waals surface area contributed by atoms with E-state index in [0.717, 1.165) is 0 Å². The molecule has 0 aromatic heterocycles. The minimum atomic E-state index is -0.643. The van der Waals surface area contributed by atoms with Gasteiger partial charge in [-0.05, 0) is 19.1 Å². The molecule has 0 atom stereocenters. The molecule has 0 fully saturated rings. The van der Waals surface area contributed by atoms with Gasteiger partial charge in [0.05, 0.1) is 12.5 Å². The van der Waals surface area contributed by atoms with Crippen molar-refractivity contribution in [3.05, 3.63) is 35.8 Å². The molecule has 0 spiro atoms. The van der Waals surface area contributed by atoms with Crippen molar-refractivity contribution in [2.45, 2.75) is 26.6 Å². The Balaban J connectivity index is 2.11. The molecule has 0 unspecified atom stereocenters. The van der Waals surface area contributed by atoms with Gasteiger partial charge in [0.2, 0.25) is 5.79 Å². The number of esters is 1. The van der Waals surface area contributed by atoms with Crippen LogP contribution < -0.4 is 0 Å². The molecule has 4 nitrogen and oxygen atoms in total. The molecule has 0 aromatic carbocycles. The summed E-state index contributed by atoms with van der Waals surface area (Å²) in [6.45, 7) is 5.84. The van der Waals surface area contributed by atoms with Crippen LogP contribution in [-0.2, 0) is 19.0 Å². The predicted molar refractivity (Wildman–Crippen MR) is 61.7 cm³/mol. The van der Waals surface area contributed by atoms with Crippen LogP contribution in [0.4, 0.5) is 0 Å². The molecule has 1 aliphatic carbocycles. The molecule has 0 amide bonds. The van der Waals surface area contributed by atoms with Crippen LogP contribution in [-0.4, -0.2) is 18.4 Å². The number of carbonyl (C=O) groups excluding carboxylic acids is 1. The molecule has 0 bridgehead atoms. The SMILES string of the molecule is CCOC(=O)C1C=CC2=C(C=C1)OC(C)(C)O2. The van der Waals surface area contributed by atoms with E-state index >= 15 is 0 Å². The fourth-order valence-electron chi connectivity index (χ4n) is 1.73. The van der Waals surface area contributed by atoms with E-state index in [-0.39, 0.29) is 11.9 Å². The van der Waals surface area contributed by atoms with Gasteiger partial charge in [-0.3, -0.25) is 4.79 Å². The molecule has 0 N–H and O–H groups in total. The van der Waals surface area contributed by atoms with Crippen molar-refractivity contribution in [1.29, 1.82) is 0 Å². The van der Waals surface area contributed by atoms with E-state index in [1.807, 2.05) is 13.8 Å². The van der Waals surface area contributed by atoms with E-state index in [0.29, 0.717) is 18.1 Å². The lowest BCUT2D eigenvalue weighted by molar-refractivity contribution is -0.144. The lowest BCUT2D eigenvalue weighted by Gasteiger charge is -2.18. The second kappa shape index (κ2) is 4.28. The Bertz CT molecular complexity index is 387. The third-order valence-electron chi connectivity index (χ3n) is 2.42. The molecule has 2 rings (SSSR count). The normalized spacial score (nSPS) is 21.6. The molecule has 1 aliphatic heterocycles. The second-order valence-corrected chi connectivity index (χ2v) is 4.33. The third kappa shape index (κ3) is 2.52. The van der Waals surface area contributed by atoms with Crippen LogP contribution in [0.3, 0.4) is 0 Å². The highest BCUT2D eigenvalue weighted by Crippen LogP contribution is 2.33. The fraction of sp³-hybridized carbons (Fsp3) is 0.462. The van der Waals surface area contributed by atoms with E-state index in [1.165, 1.54) is 0 Å². The molecular weight excluding hydrogens is 220 g/mol. The molecule has 0 radical (unpaired) electrons. The maximum atomic E-state index is 11.6. The molecular formula is C13H16O4. The van der Waals surface area contributed by atoms with Gasteiger partial charge in [-0.15, -0.1) is 0 Å². The van der Waals surface area contributed by atoms with Crippen LogP contribution in [0.2, 0.25) is 0 Å². The predicted octanol–water partition coefficient (Wildman–Crippen LogP) is 2.29.